The number of nitrogens with one attached hydrogen (secondary N) is 1. The van der Waals surface area contributed by atoms with Gasteiger partial charge in [0.15, 0.2) is 0 Å². The van der Waals surface area contributed by atoms with E-state index in [1.807, 2.05) is 33.6 Å². The fourth-order valence-electron chi connectivity index (χ4n) is 2.18. The van der Waals surface area contributed by atoms with E-state index >= 15 is 0 Å². The zero-order valence-electron chi connectivity index (χ0n) is 13.0. The molecule has 3 aromatic rings. The first-order chi connectivity index (χ1) is 11.1. The highest BCUT2D eigenvalue weighted by molar-refractivity contribution is 7.20. The van der Waals surface area contributed by atoms with Crippen LogP contribution in [0, 0.1) is 5.92 Å². The highest BCUT2D eigenvalue weighted by Crippen LogP contribution is 2.27. The second-order valence-electron chi connectivity index (χ2n) is 5.64. The van der Waals surface area contributed by atoms with Crippen molar-refractivity contribution in [3.05, 3.63) is 40.8 Å². The lowest BCUT2D eigenvalue weighted by Gasteiger charge is -2.10. The van der Waals surface area contributed by atoms with E-state index in [9.17, 15) is 4.79 Å². The molecule has 3 aromatic heterocycles. The lowest BCUT2D eigenvalue weighted by molar-refractivity contribution is -0.115. The van der Waals surface area contributed by atoms with E-state index in [0.717, 1.165) is 27.9 Å². The van der Waals surface area contributed by atoms with Gasteiger partial charge < -0.3 is 5.32 Å². The van der Waals surface area contributed by atoms with Gasteiger partial charge in [0, 0.05) is 18.0 Å². The van der Waals surface area contributed by atoms with Crippen molar-refractivity contribution in [2.24, 2.45) is 5.92 Å². The van der Waals surface area contributed by atoms with E-state index in [-0.39, 0.29) is 12.3 Å². The van der Waals surface area contributed by atoms with Gasteiger partial charge in [0.05, 0.1) is 23.2 Å². The Bertz CT molecular complexity index is 774. The van der Waals surface area contributed by atoms with Crippen molar-refractivity contribution in [1.29, 1.82) is 0 Å². The summed E-state index contributed by atoms with van der Waals surface area (Å²) in [5.41, 5.74) is 0.797. The maximum Gasteiger partial charge on any atom is 0.231 e. The molecule has 3 rings (SSSR count). The number of thiophene rings is 1. The number of rotatable bonds is 6. The van der Waals surface area contributed by atoms with E-state index in [2.05, 4.69) is 29.2 Å². The summed E-state index contributed by atoms with van der Waals surface area (Å²) >= 11 is 3.23. The number of hydrogen-bond donors (Lipinski definition) is 1. The van der Waals surface area contributed by atoms with Crippen LogP contribution >= 0.6 is 22.7 Å². The molecule has 23 heavy (non-hydrogen) atoms. The Morgan fingerprint density at radius 1 is 1.35 bits per heavy atom. The molecule has 5 nitrogen and oxygen atoms in total. The minimum absolute atomic E-state index is 0.0708. The number of carbonyl (C=O) groups excluding carboxylic acids is 1. The molecular formula is C16H18N4OS2. The van der Waals surface area contributed by atoms with Crippen LogP contribution in [-0.2, 0) is 17.8 Å². The number of hydrogen-bond acceptors (Lipinski definition) is 5. The van der Waals surface area contributed by atoms with Gasteiger partial charge in [-0.05, 0) is 17.4 Å². The van der Waals surface area contributed by atoms with Crippen molar-refractivity contribution in [2.45, 2.75) is 26.8 Å². The van der Waals surface area contributed by atoms with Gasteiger partial charge in [0.2, 0.25) is 5.91 Å². The average Bonchev–Trinajstić information content (AvgIpc) is 3.20. The van der Waals surface area contributed by atoms with Gasteiger partial charge in [0.1, 0.15) is 10.8 Å². The topological polar surface area (TPSA) is 59.8 Å². The smallest absolute Gasteiger partial charge is 0.231 e. The Hall–Kier alpha value is -1.99. The number of carbonyl (C=O) groups is 1. The zero-order chi connectivity index (χ0) is 16.2. The molecule has 0 bridgehead atoms. The Kier molecular flexibility index (Phi) is 4.88. The van der Waals surface area contributed by atoms with Crippen LogP contribution in [0.25, 0.3) is 9.88 Å². The van der Waals surface area contributed by atoms with Crippen LogP contribution in [0.4, 0.5) is 5.82 Å². The van der Waals surface area contributed by atoms with E-state index in [1.165, 1.54) is 0 Å². The Balaban J connectivity index is 1.63. The molecule has 0 aromatic carbocycles. The van der Waals surface area contributed by atoms with Gasteiger partial charge in [0.25, 0.3) is 0 Å². The Morgan fingerprint density at radius 2 is 2.22 bits per heavy atom. The Labute approximate surface area is 143 Å². The summed E-state index contributed by atoms with van der Waals surface area (Å²) in [4.78, 5) is 17.9. The lowest BCUT2D eigenvalue weighted by Crippen LogP contribution is -2.18. The summed E-state index contributed by atoms with van der Waals surface area (Å²) in [7, 11) is 0. The van der Waals surface area contributed by atoms with E-state index < -0.39 is 0 Å². The molecule has 0 aliphatic carbocycles. The van der Waals surface area contributed by atoms with E-state index in [4.69, 9.17) is 0 Å². The van der Waals surface area contributed by atoms with Crippen LogP contribution in [0.15, 0.2) is 35.2 Å². The molecular weight excluding hydrogens is 328 g/mol. The largest absolute Gasteiger partial charge is 0.311 e. The van der Waals surface area contributed by atoms with Gasteiger partial charge in [-0.3, -0.25) is 4.79 Å². The SMILES string of the molecule is CC(C)Cn1nccc1NC(=O)Cc1csc(-c2cccs2)n1. The standard InChI is InChI=1S/C16H18N4OS2/c1-11(2)9-20-14(5-6-17-20)19-15(21)8-12-10-23-16(18-12)13-4-3-7-22-13/h3-7,10-11H,8-9H2,1-2H3,(H,19,21). The third-order valence-corrected chi connectivity index (χ3v) is 5.08. The van der Waals surface area contributed by atoms with Crippen molar-refractivity contribution >= 4 is 34.4 Å². The fraction of sp³-hybridized carbons (Fsp3) is 0.312. The number of thiazole rings is 1. The second kappa shape index (κ2) is 7.06. The summed E-state index contributed by atoms with van der Waals surface area (Å²) in [5, 5.41) is 12.1. The van der Waals surface area contributed by atoms with Crippen LogP contribution in [0.5, 0.6) is 0 Å². The van der Waals surface area contributed by atoms with Crippen molar-refractivity contribution in [3.8, 4) is 9.88 Å². The minimum Gasteiger partial charge on any atom is -0.311 e. The molecule has 1 amide bonds. The van der Waals surface area contributed by atoms with E-state index in [0.29, 0.717) is 5.92 Å². The first-order valence-corrected chi connectivity index (χ1v) is 9.17. The molecule has 3 heterocycles. The van der Waals surface area contributed by atoms with Gasteiger partial charge in [-0.2, -0.15) is 5.10 Å². The van der Waals surface area contributed by atoms with Crippen LogP contribution < -0.4 is 5.32 Å². The van der Waals surface area contributed by atoms with Crippen molar-refractivity contribution in [1.82, 2.24) is 14.8 Å². The van der Waals surface area contributed by atoms with Crippen LogP contribution in [0.3, 0.4) is 0 Å². The molecule has 0 fully saturated rings. The molecule has 120 valence electrons. The normalized spacial score (nSPS) is 11.1. The first-order valence-electron chi connectivity index (χ1n) is 7.42. The monoisotopic (exact) mass is 346 g/mol. The predicted octanol–water partition coefficient (Wildman–Crippen LogP) is 3.91. The lowest BCUT2D eigenvalue weighted by atomic mass is 10.2. The molecule has 7 heteroatoms. The first kappa shape index (κ1) is 15.9. The van der Waals surface area contributed by atoms with Crippen molar-refractivity contribution in [3.63, 3.8) is 0 Å². The molecule has 0 atom stereocenters. The van der Waals surface area contributed by atoms with Gasteiger partial charge in [-0.1, -0.05) is 19.9 Å². The van der Waals surface area contributed by atoms with Gasteiger partial charge in [-0.25, -0.2) is 9.67 Å². The third kappa shape index (κ3) is 4.05. The fourth-order valence-corrected chi connectivity index (χ4v) is 3.82. The molecule has 0 saturated heterocycles. The third-order valence-electron chi connectivity index (χ3n) is 3.15. The zero-order valence-corrected chi connectivity index (χ0v) is 14.7. The maximum atomic E-state index is 12.2. The summed E-state index contributed by atoms with van der Waals surface area (Å²) in [6.07, 6.45) is 1.98. The summed E-state index contributed by atoms with van der Waals surface area (Å²) in [6, 6.07) is 5.86. The maximum absolute atomic E-state index is 12.2. The number of amides is 1. The van der Waals surface area contributed by atoms with Crippen LogP contribution in [-0.4, -0.2) is 20.7 Å². The number of nitrogens with zero attached hydrogens (tertiary/aromatic N) is 3. The van der Waals surface area contributed by atoms with Crippen molar-refractivity contribution < 1.29 is 4.79 Å². The predicted molar refractivity (Wildman–Crippen MR) is 94.8 cm³/mol. The number of anilines is 1. The quantitative estimate of drug-likeness (QED) is 0.736. The van der Waals surface area contributed by atoms with Crippen LogP contribution in [0.1, 0.15) is 19.5 Å². The summed E-state index contributed by atoms with van der Waals surface area (Å²) in [6.45, 7) is 5.02. The molecule has 1 N–H and O–H groups in total. The molecule has 0 aliphatic heterocycles. The second-order valence-corrected chi connectivity index (χ2v) is 7.44. The molecule has 0 radical (unpaired) electrons. The molecule has 0 unspecified atom stereocenters. The molecule has 0 aliphatic rings. The van der Waals surface area contributed by atoms with E-state index in [1.54, 1.807) is 28.9 Å². The van der Waals surface area contributed by atoms with Gasteiger partial charge in [-0.15, -0.1) is 22.7 Å². The summed E-state index contributed by atoms with van der Waals surface area (Å²) in [5.74, 6) is 1.13. The van der Waals surface area contributed by atoms with Crippen molar-refractivity contribution in [2.75, 3.05) is 5.32 Å². The molecule has 0 spiro atoms. The van der Waals surface area contributed by atoms with Crippen LogP contribution in [0.2, 0.25) is 0 Å². The highest BCUT2D eigenvalue weighted by atomic mass is 32.1. The van der Waals surface area contributed by atoms with Gasteiger partial charge >= 0.3 is 0 Å². The number of aromatic nitrogens is 3. The Morgan fingerprint density at radius 3 is 2.96 bits per heavy atom. The minimum atomic E-state index is -0.0708. The summed E-state index contributed by atoms with van der Waals surface area (Å²) < 4.78 is 1.82. The molecule has 0 saturated carbocycles. The highest BCUT2D eigenvalue weighted by Gasteiger charge is 2.12. The average molecular weight is 346 g/mol.